The molecule has 1 aromatic carbocycles. The average Bonchev–Trinajstić information content (AvgIpc) is 2.64. The van der Waals surface area contributed by atoms with Crippen molar-refractivity contribution >= 4 is 11.9 Å². The smallest absolute Gasteiger partial charge is 0.320 e. The monoisotopic (exact) mass is 346 g/mol. The number of hydrogen-bond acceptors (Lipinski definition) is 4. The number of esters is 2. The summed E-state index contributed by atoms with van der Waals surface area (Å²) in [6, 6.07) is 10.2. The lowest BCUT2D eigenvalue weighted by molar-refractivity contribution is -0.162. The van der Waals surface area contributed by atoms with E-state index < -0.39 is 17.9 Å². The van der Waals surface area contributed by atoms with Crippen molar-refractivity contribution in [1.29, 1.82) is 0 Å². The van der Waals surface area contributed by atoms with Gasteiger partial charge >= 0.3 is 11.9 Å². The fourth-order valence-corrected chi connectivity index (χ4v) is 3.87. The highest BCUT2D eigenvalue weighted by Crippen LogP contribution is 2.40. The van der Waals surface area contributed by atoms with Crippen LogP contribution in [-0.4, -0.2) is 25.2 Å². The molecule has 1 unspecified atom stereocenters. The van der Waals surface area contributed by atoms with E-state index >= 15 is 0 Å². The Morgan fingerprint density at radius 2 is 1.52 bits per heavy atom. The molecule has 138 valence electrons. The minimum absolute atomic E-state index is 0.181. The SMILES string of the molecule is CCOC(=O)C(CC(c1ccccc1)C1CCCCC1)C(=O)OCC. The van der Waals surface area contributed by atoms with Crippen LogP contribution >= 0.6 is 0 Å². The van der Waals surface area contributed by atoms with Crippen LogP contribution in [0.3, 0.4) is 0 Å². The first kappa shape index (κ1) is 19.5. The van der Waals surface area contributed by atoms with E-state index in [4.69, 9.17) is 9.47 Å². The summed E-state index contributed by atoms with van der Waals surface area (Å²) in [7, 11) is 0. The normalized spacial score (nSPS) is 16.4. The summed E-state index contributed by atoms with van der Waals surface area (Å²) in [6.45, 7) is 4.06. The number of ether oxygens (including phenoxy) is 2. The molecule has 0 heterocycles. The highest BCUT2D eigenvalue weighted by Gasteiger charge is 2.36. The van der Waals surface area contributed by atoms with Crippen molar-refractivity contribution in [3.8, 4) is 0 Å². The summed E-state index contributed by atoms with van der Waals surface area (Å²) in [5.74, 6) is -1.08. The molecule has 1 aromatic rings. The third kappa shape index (κ3) is 5.58. The van der Waals surface area contributed by atoms with Gasteiger partial charge in [-0.05, 0) is 50.5 Å². The molecule has 1 aliphatic carbocycles. The molecule has 0 aliphatic heterocycles. The lowest BCUT2D eigenvalue weighted by Gasteiger charge is -2.32. The van der Waals surface area contributed by atoms with Crippen molar-refractivity contribution in [2.75, 3.05) is 13.2 Å². The molecular weight excluding hydrogens is 316 g/mol. The Kier molecular flexibility index (Phi) is 7.96. The van der Waals surface area contributed by atoms with Crippen molar-refractivity contribution in [2.45, 2.75) is 58.3 Å². The number of carbonyl (C=O) groups is 2. The van der Waals surface area contributed by atoms with E-state index in [9.17, 15) is 9.59 Å². The zero-order chi connectivity index (χ0) is 18.1. The fraction of sp³-hybridized carbons (Fsp3) is 0.619. The second-order valence-corrected chi connectivity index (χ2v) is 6.71. The van der Waals surface area contributed by atoms with Crippen LogP contribution in [0.4, 0.5) is 0 Å². The lowest BCUT2D eigenvalue weighted by atomic mass is 9.73. The van der Waals surface area contributed by atoms with Crippen LogP contribution in [-0.2, 0) is 19.1 Å². The van der Waals surface area contributed by atoms with Gasteiger partial charge in [-0.15, -0.1) is 0 Å². The first-order valence-electron chi connectivity index (χ1n) is 9.55. The quantitative estimate of drug-likeness (QED) is 0.514. The molecule has 1 aliphatic rings. The summed E-state index contributed by atoms with van der Waals surface area (Å²) in [6.07, 6.45) is 6.48. The van der Waals surface area contributed by atoms with E-state index in [1.807, 2.05) is 18.2 Å². The third-order valence-electron chi connectivity index (χ3n) is 5.08. The van der Waals surface area contributed by atoms with Crippen LogP contribution in [0, 0.1) is 11.8 Å². The van der Waals surface area contributed by atoms with Gasteiger partial charge in [-0.3, -0.25) is 9.59 Å². The van der Waals surface area contributed by atoms with Gasteiger partial charge in [0.25, 0.3) is 0 Å². The number of hydrogen-bond donors (Lipinski definition) is 0. The first-order valence-corrected chi connectivity index (χ1v) is 9.55. The van der Waals surface area contributed by atoms with Gasteiger partial charge in [0.15, 0.2) is 5.92 Å². The summed E-state index contributed by atoms with van der Waals surface area (Å²) < 4.78 is 10.3. The molecule has 1 saturated carbocycles. The van der Waals surface area contributed by atoms with Crippen LogP contribution in [0.15, 0.2) is 30.3 Å². The van der Waals surface area contributed by atoms with Crippen molar-refractivity contribution in [1.82, 2.24) is 0 Å². The minimum atomic E-state index is -0.841. The first-order chi connectivity index (χ1) is 12.2. The number of benzene rings is 1. The van der Waals surface area contributed by atoms with Crippen molar-refractivity contribution in [3.05, 3.63) is 35.9 Å². The number of rotatable bonds is 8. The Morgan fingerprint density at radius 1 is 0.960 bits per heavy atom. The summed E-state index contributed by atoms with van der Waals surface area (Å²) in [5, 5.41) is 0. The summed E-state index contributed by atoms with van der Waals surface area (Å²) >= 11 is 0. The molecule has 4 nitrogen and oxygen atoms in total. The predicted octanol–water partition coefficient (Wildman–Crippen LogP) is 4.48. The van der Waals surface area contributed by atoms with Gasteiger partial charge in [0.1, 0.15) is 0 Å². The Bertz CT molecular complexity index is 516. The van der Waals surface area contributed by atoms with Crippen LogP contribution < -0.4 is 0 Å². The highest BCUT2D eigenvalue weighted by molar-refractivity contribution is 5.95. The molecule has 0 bridgehead atoms. The van der Waals surface area contributed by atoms with Gasteiger partial charge in [0, 0.05) is 0 Å². The van der Waals surface area contributed by atoms with Crippen molar-refractivity contribution < 1.29 is 19.1 Å². The van der Waals surface area contributed by atoms with E-state index in [2.05, 4.69) is 12.1 Å². The average molecular weight is 346 g/mol. The van der Waals surface area contributed by atoms with Gasteiger partial charge in [0.05, 0.1) is 13.2 Å². The topological polar surface area (TPSA) is 52.6 Å². The zero-order valence-electron chi connectivity index (χ0n) is 15.4. The zero-order valence-corrected chi connectivity index (χ0v) is 15.4. The highest BCUT2D eigenvalue weighted by atomic mass is 16.6. The lowest BCUT2D eigenvalue weighted by Crippen LogP contribution is -2.31. The Hall–Kier alpha value is -1.84. The van der Waals surface area contributed by atoms with Gasteiger partial charge < -0.3 is 9.47 Å². The number of carbonyl (C=O) groups excluding carboxylic acids is 2. The van der Waals surface area contributed by atoms with E-state index in [1.54, 1.807) is 13.8 Å². The molecule has 2 rings (SSSR count). The van der Waals surface area contributed by atoms with E-state index in [1.165, 1.54) is 24.8 Å². The Morgan fingerprint density at radius 3 is 2.04 bits per heavy atom. The van der Waals surface area contributed by atoms with Gasteiger partial charge in [0.2, 0.25) is 0 Å². The maximum absolute atomic E-state index is 12.4. The van der Waals surface area contributed by atoms with Gasteiger partial charge in [-0.25, -0.2) is 0 Å². The van der Waals surface area contributed by atoms with E-state index in [0.29, 0.717) is 12.3 Å². The Balaban J connectivity index is 2.24. The second-order valence-electron chi connectivity index (χ2n) is 6.71. The molecule has 0 saturated heterocycles. The summed E-state index contributed by atoms with van der Waals surface area (Å²) in [4.78, 5) is 24.8. The van der Waals surface area contributed by atoms with Crippen LogP contribution in [0.2, 0.25) is 0 Å². The summed E-state index contributed by atoms with van der Waals surface area (Å²) in [5.41, 5.74) is 1.20. The molecule has 1 fully saturated rings. The molecule has 0 amide bonds. The molecule has 1 atom stereocenters. The minimum Gasteiger partial charge on any atom is -0.465 e. The molecule has 25 heavy (non-hydrogen) atoms. The van der Waals surface area contributed by atoms with Gasteiger partial charge in [-0.1, -0.05) is 49.6 Å². The third-order valence-corrected chi connectivity index (χ3v) is 5.08. The van der Waals surface area contributed by atoms with Gasteiger partial charge in [-0.2, -0.15) is 0 Å². The van der Waals surface area contributed by atoms with E-state index in [-0.39, 0.29) is 19.1 Å². The molecule has 4 heteroatoms. The van der Waals surface area contributed by atoms with Crippen LogP contribution in [0.1, 0.15) is 63.9 Å². The maximum Gasteiger partial charge on any atom is 0.320 e. The molecular formula is C21H30O4. The molecule has 0 aromatic heterocycles. The predicted molar refractivity (Wildman–Crippen MR) is 97.1 cm³/mol. The van der Waals surface area contributed by atoms with Crippen molar-refractivity contribution in [3.63, 3.8) is 0 Å². The van der Waals surface area contributed by atoms with E-state index in [0.717, 1.165) is 12.8 Å². The van der Waals surface area contributed by atoms with Crippen molar-refractivity contribution in [2.24, 2.45) is 11.8 Å². The van der Waals surface area contributed by atoms with Crippen LogP contribution in [0.5, 0.6) is 0 Å². The molecule has 0 radical (unpaired) electrons. The second kappa shape index (κ2) is 10.2. The van der Waals surface area contributed by atoms with Crippen LogP contribution in [0.25, 0.3) is 0 Å². The largest absolute Gasteiger partial charge is 0.465 e. The maximum atomic E-state index is 12.4. The molecule has 0 N–H and O–H groups in total. The Labute approximate surface area is 150 Å². The standard InChI is InChI=1S/C21H30O4/c1-3-24-20(22)19(21(23)25-4-2)15-18(16-11-7-5-8-12-16)17-13-9-6-10-14-17/h5,7-8,11-12,17-19H,3-4,6,9-10,13-15H2,1-2H3. The fourth-order valence-electron chi connectivity index (χ4n) is 3.87. The molecule has 0 spiro atoms.